The van der Waals surface area contributed by atoms with Gasteiger partial charge < -0.3 is 14.8 Å². The van der Waals surface area contributed by atoms with Crippen LogP contribution in [0.15, 0.2) is 36.4 Å². The van der Waals surface area contributed by atoms with Gasteiger partial charge in [-0.25, -0.2) is 4.79 Å². The molecule has 9 nitrogen and oxygen atoms in total. The Kier molecular flexibility index (Phi) is 7.09. The minimum Gasteiger partial charge on any atom is -0.493 e. The van der Waals surface area contributed by atoms with Crippen LogP contribution in [0.3, 0.4) is 0 Å². The van der Waals surface area contributed by atoms with Gasteiger partial charge in [-0.2, -0.15) is 0 Å². The number of esters is 1. The Labute approximate surface area is 188 Å². The summed E-state index contributed by atoms with van der Waals surface area (Å²) in [6, 6.07) is 7.55. The molecule has 0 aliphatic carbocycles. The Balaban J connectivity index is 1.64. The van der Waals surface area contributed by atoms with E-state index in [0.717, 1.165) is 17.4 Å². The van der Waals surface area contributed by atoms with E-state index in [1.54, 1.807) is 32.0 Å². The maximum Gasteiger partial charge on any atom is 0.329 e. The number of nitrogens with zero attached hydrogens (tertiary/aromatic N) is 1. The van der Waals surface area contributed by atoms with Crippen LogP contribution in [0.2, 0.25) is 5.02 Å². The third-order valence-electron chi connectivity index (χ3n) is 4.97. The molecule has 0 unspecified atom stereocenters. The van der Waals surface area contributed by atoms with Crippen molar-refractivity contribution in [3.63, 3.8) is 0 Å². The second-order valence-corrected chi connectivity index (χ2v) is 7.98. The SMILES string of the molecule is CC(C)[C@H](NC(=O)c1ccc(Cl)c([N+](=O)[O-])c1)C(=O)OCC(=O)c1ccc2c(c1)CCO2. The number of rotatable bonds is 8. The normalized spacial score (nSPS) is 13.1. The lowest BCUT2D eigenvalue weighted by Crippen LogP contribution is -2.45. The number of ether oxygens (including phenoxy) is 2. The number of hydrogen-bond acceptors (Lipinski definition) is 7. The molecular weight excluding hydrogens is 440 g/mol. The molecule has 1 aliphatic rings. The number of carbonyl (C=O) groups is 3. The average Bonchev–Trinajstić information content (AvgIpc) is 3.23. The van der Waals surface area contributed by atoms with E-state index in [1.807, 2.05) is 0 Å². The second kappa shape index (κ2) is 9.78. The molecule has 10 heteroatoms. The molecule has 0 aromatic heterocycles. The van der Waals surface area contributed by atoms with Crippen LogP contribution in [0.25, 0.3) is 0 Å². The number of hydrogen-bond donors (Lipinski definition) is 1. The van der Waals surface area contributed by atoms with Crippen molar-refractivity contribution in [2.45, 2.75) is 26.3 Å². The molecule has 0 saturated heterocycles. The zero-order chi connectivity index (χ0) is 23.4. The standard InChI is InChI=1S/C22H21ClN2O7/c1-12(2)20(24-21(27)15-3-5-16(23)17(10-15)25(29)30)22(28)32-11-18(26)13-4-6-19-14(9-13)7-8-31-19/h3-6,9-10,12,20H,7-8,11H2,1-2H3,(H,24,27)/t20-/m0/s1. The first-order chi connectivity index (χ1) is 15.2. The van der Waals surface area contributed by atoms with Crippen molar-refractivity contribution >= 4 is 34.9 Å². The smallest absolute Gasteiger partial charge is 0.329 e. The average molecular weight is 461 g/mol. The van der Waals surface area contributed by atoms with Gasteiger partial charge in [0.25, 0.3) is 11.6 Å². The van der Waals surface area contributed by atoms with E-state index in [0.29, 0.717) is 18.6 Å². The van der Waals surface area contributed by atoms with E-state index < -0.39 is 35.1 Å². The van der Waals surface area contributed by atoms with Crippen LogP contribution in [0.5, 0.6) is 5.75 Å². The fourth-order valence-electron chi connectivity index (χ4n) is 3.19. The lowest BCUT2D eigenvalue weighted by molar-refractivity contribution is -0.384. The first-order valence-corrected chi connectivity index (χ1v) is 10.3. The molecule has 0 fully saturated rings. The predicted molar refractivity (Wildman–Crippen MR) is 115 cm³/mol. The molecule has 1 N–H and O–H groups in total. The molecule has 1 amide bonds. The van der Waals surface area contributed by atoms with Crippen LogP contribution in [-0.2, 0) is 16.0 Å². The number of fused-ring (bicyclic) bond motifs is 1. The Morgan fingerprint density at radius 2 is 1.91 bits per heavy atom. The minimum absolute atomic E-state index is 0.0315. The maximum atomic E-state index is 12.6. The third kappa shape index (κ3) is 5.23. The molecule has 0 bridgehead atoms. The van der Waals surface area contributed by atoms with E-state index >= 15 is 0 Å². The van der Waals surface area contributed by atoms with Gasteiger partial charge in [-0.05, 0) is 41.8 Å². The molecule has 168 valence electrons. The summed E-state index contributed by atoms with van der Waals surface area (Å²) < 4.78 is 10.6. The fourth-order valence-corrected chi connectivity index (χ4v) is 3.37. The molecule has 1 atom stereocenters. The Morgan fingerprint density at radius 3 is 2.59 bits per heavy atom. The number of ketones is 1. The lowest BCUT2D eigenvalue weighted by atomic mass is 10.0. The van der Waals surface area contributed by atoms with Gasteiger partial charge in [-0.3, -0.25) is 19.7 Å². The fraction of sp³-hybridized carbons (Fsp3) is 0.318. The van der Waals surface area contributed by atoms with Crippen molar-refractivity contribution in [3.05, 3.63) is 68.2 Å². The molecule has 3 rings (SSSR count). The zero-order valence-electron chi connectivity index (χ0n) is 17.4. The number of carbonyl (C=O) groups excluding carboxylic acids is 3. The van der Waals surface area contributed by atoms with Crippen molar-refractivity contribution in [2.75, 3.05) is 13.2 Å². The van der Waals surface area contributed by atoms with Crippen LogP contribution in [0.1, 0.15) is 40.1 Å². The Bertz CT molecular complexity index is 1080. The molecule has 0 spiro atoms. The summed E-state index contributed by atoms with van der Waals surface area (Å²) in [4.78, 5) is 47.9. The van der Waals surface area contributed by atoms with Gasteiger partial charge in [-0.1, -0.05) is 25.4 Å². The van der Waals surface area contributed by atoms with Gasteiger partial charge in [0.1, 0.15) is 16.8 Å². The van der Waals surface area contributed by atoms with Gasteiger partial charge in [0.05, 0.1) is 11.5 Å². The third-order valence-corrected chi connectivity index (χ3v) is 5.29. The van der Waals surface area contributed by atoms with Gasteiger partial charge in [0.15, 0.2) is 12.4 Å². The van der Waals surface area contributed by atoms with Crippen molar-refractivity contribution in [3.8, 4) is 5.75 Å². The van der Waals surface area contributed by atoms with E-state index in [4.69, 9.17) is 21.1 Å². The lowest BCUT2D eigenvalue weighted by Gasteiger charge is -2.20. The topological polar surface area (TPSA) is 125 Å². The van der Waals surface area contributed by atoms with Gasteiger partial charge >= 0.3 is 5.97 Å². The van der Waals surface area contributed by atoms with Crippen LogP contribution in [0, 0.1) is 16.0 Å². The van der Waals surface area contributed by atoms with Crippen molar-refractivity contribution < 1.29 is 28.8 Å². The molecular formula is C22H21ClN2O7. The molecule has 2 aromatic rings. The number of amides is 1. The Hall–Kier alpha value is -3.46. The van der Waals surface area contributed by atoms with Gasteiger partial charge in [0.2, 0.25) is 0 Å². The quantitative estimate of drug-likeness (QED) is 0.277. The second-order valence-electron chi connectivity index (χ2n) is 7.57. The molecule has 1 aliphatic heterocycles. The number of nitrogens with one attached hydrogen (secondary N) is 1. The number of halogens is 1. The largest absolute Gasteiger partial charge is 0.493 e. The van der Waals surface area contributed by atoms with Crippen LogP contribution >= 0.6 is 11.6 Å². The van der Waals surface area contributed by atoms with Crippen LogP contribution in [0.4, 0.5) is 5.69 Å². The summed E-state index contributed by atoms with van der Waals surface area (Å²) in [6.45, 7) is 3.47. The van der Waals surface area contributed by atoms with E-state index in [2.05, 4.69) is 5.32 Å². The molecule has 0 radical (unpaired) electrons. The number of nitro benzene ring substituents is 1. The number of benzene rings is 2. The first-order valence-electron chi connectivity index (χ1n) is 9.87. The highest BCUT2D eigenvalue weighted by Crippen LogP contribution is 2.26. The summed E-state index contributed by atoms with van der Waals surface area (Å²) in [5.41, 5.74) is 0.872. The van der Waals surface area contributed by atoms with Crippen LogP contribution in [-0.4, -0.2) is 41.8 Å². The Morgan fingerprint density at radius 1 is 1.19 bits per heavy atom. The number of nitro groups is 1. The van der Waals surface area contributed by atoms with Gasteiger partial charge in [0, 0.05) is 23.6 Å². The number of Topliss-reactive ketones (excluding diaryl/α,β-unsaturated/α-hetero) is 1. The highest BCUT2D eigenvalue weighted by molar-refractivity contribution is 6.32. The van der Waals surface area contributed by atoms with Crippen LogP contribution < -0.4 is 10.1 Å². The van der Waals surface area contributed by atoms with Gasteiger partial charge in [-0.15, -0.1) is 0 Å². The van der Waals surface area contributed by atoms with E-state index in [9.17, 15) is 24.5 Å². The van der Waals surface area contributed by atoms with E-state index in [-0.39, 0.29) is 22.3 Å². The minimum atomic E-state index is -1.06. The van der Waals surface area contributed by atoms with Crippen molar-refractivity contribution in [2.24, 2.45) is 5.92 Å². The molecule has 1 heterocycles. The maximum absolute atomic E-state index is 12.6. The molecule has 32 heavy (non-hydrogen) atoms. The summed E-state index contributed by atoms with van der Waals surface area (Å²) in [7, 11) is 0. The highest BCUT2D eigenvalue weighted by atomic mass is 35.5. The molecule has 2 aromatic carbocycles. The van der Waals surface area contributed by atoms with E-state index in [1.165, 1.54) is 12.1 Å². The highest BCUT2D eigenvalue weighted by Gasteiger charge is 2.28. The van der Waals surface area contributed by atoms with Crippen molar-refractivity contribution in [1.82, 2.24) is 5.32 Å². The summed E-state index contributed by atoms with van der Waals surface area (Å²) >= 11 is 5.77. The first kappa shape index (κ1) is 23.2. The molecule has 0 saturated carbocycles. The zero-order valence-corrected chi connectivity index (χ0v) is 18.2. The van der Waals surface area contributed by atoms with Crippen molar-refractivity contribution in [1.29, 1.82) is 0 Å². The monoisotopic (exact) mass is 460 g/mol. The summed E-state index contributed by atoms with van der Waals surface area (Å²) in [6.07, 6.45) is 0.709. The summed E-state index contributed by atoms with van der Waals surface area (Å²) in [5.74, 6) is -1.49. The summed E-state index contributed by atoms with van der Waals surface area (Å²) in [5, 5.41) is 13.4. The predicted octanol–water partition coefficient (Wildman–Crippen LogP) is 3.36.